The number of hydrogen-bond acceptors (Lipinski definition) is 2. The van der Waals surface area contributed by atoms with E-state index in [0.717, 1.165) is 55.6 Å². The van der Waals surface area contributed by atoms with Crippen molar-refractivity contribution in [1.29, 1.82) is 0 Å². The highest BCUT2D eigenvalue weighted by molar-refractivity contribution is 6.43. The maximum atomic E-state index is 5.48. The van der Waals surface area contributed by atoms with Crippen LogP contribution in [0.15, 0.2) is 82.8 Å². The summed E-state index contributed by atoms with van der Waals surface area (Å²) in [7, 11) is 0. The van der Waals surface area contributed by atoms with E-state index in [-0.39, 0.29) is 0 Å². The zero-order valence-corrected chi connectivity index (χ0v) is 54.4. The molecule has 0 saturated heterocycles. The molecule has 0 aliphatic rings. The van der Waals surface area contributed by atoms with E-state index in [1.807, 2.05) is 0 Å². The van der Waals surface area contributed by atoms with Crippen molar-refractivity contribution in [3.05, 3.63) is 84.0 Å². The fourth-order valence-electron chi connectivity index (χ4n) is 12.0. The number of hydrogen-bond donors (Lipinski definition) is 0. The molecule has 0 spiro atoms. The molecule has 0 radical (unpaired) electrons. The van der Waals surface area contributed by atoms with Gasteiger partial charge in [-0.2, -0.15) is 0 Å². The Hall–Kier alpha value is -2.74. The molecule has 2 rings (SSSR count). The molecular weight excluding hydrogens is 965 g/mol. The quantitative estimate of drug-likeness (QED) is 0.0358. The zero-order valence-electron chi connectivity index (χ0n) is 54.4. The number of benzene rings is 2. The Morgan fingerprint density at radius 1 is 0.263 bits per heavy atom. The van der Waals surface area contributed by atoms with Crippen LogP contribution in [0.5, 0.6) is 0 Å². The second kappa shape index (κ2) is 59.4. The maximum absolute atomic E-state index is 5.48. The van der Waals surface area contributed by atoms with Gasteiger partial charge in [0, 0.05) is 0 Å². The summed E-state index contributed by atoms with van der Waals surface area (Å²) in [4.78, 5) is 10.9. The van der Waals surface area contributed by atoms with E-state index in [2.05, 4.69) is 101 Å². The molecule has 0 aliphatic carbocycles. The minimum Gasteiger partial charge on any atom is -0.251 e. The Bertz CT molecular complexity index is 1710. The SMILES string of the molecule is CCCCCCCCCCCCCCCCCCCCCCCCC=CCCc1ccccc1N=C(CC)C(CCCCCC)=Nc1ccccc1CCC=CCCCCCCCCCCCCCCCCCCCCCCCC. The van der Waals surface area contributed by atoms with E-state index in [9.17, 15) is 0 Å². The molecule has 2 heteroatoms. The summed E-state index contributed by atoms with van der Waals surface area (Å²) < 4.78 is 0. The summed E-state index contributed by atoms with van der Waals surface area (Å²) >= 11 is 0. The van der Waals surface area contributed by atoms with Crippen LogP contribution in [-0.4, -0.2) is 11.4 Å². The van der Waals surface area contributed by atoms with Crippen molar-refractivity contribution in [2.45, 2.75) is 387 Å². The summed E-state index contributed by atoms with van der Waals surface area (Å²) in [5.41, 5.74) is 7.32. The van der Waals surface area contributed by atoms with Crippen LogP contribution < -0.4 is 0 Å². The smallest absolute Gasteiger partial charge is 0.0665 e. The monoisotopic (exact) mass is 1100 g/mol. The number of para-hydroxylation sites is 2. The van der Waals surface area contributed by atoms with Gasteiger partial charge in [-0.25, -0.2) is 0 Å². The molecule has 2 aromatic rings. The van der Waals surface area contributed by atoms with E-state index in [4.69, 9.17) is 9.98 Å². The lowest BCUT2D eigenvalue weighted by Crippen LogP contribution is -2.13. The largest absolute Gasteiger partial charge is 0.251 e. The minimum absolute atomic E-state index is 0.894. The van der Waals surface area contributed by atoms with E-state index >= 15 is 0 Å². The highest BCUT2D eigenvalue weighted by Crippen LogP contribution is 2.26. The number of aliphatic imine (C=N–C) groups is 2. The molecule has 0 aromatic heterocycles. The molecular formula is C78H136N2. The predicted octanol–water partition coefficient (Wildman–Crippen LogP) is 27.9. The molecule has 458 valence electrons. The third-order valence-electron chi connectivity index (χ3n) is 17.4. The normalized spacial score (nSPS) is 12.3. The Morgan fingerprint density at radius 3 is 0.787 bits per heavy atom. The molecule has 0 aliphatic heterocycles. The van der Waals surface area contributed by atoms with Gasteiger partial charge < -0.3 is 0 Å². The Balaban J connectivity index is 1.63. The molecule has 2 nitrogen and oxygen atoms in total. The van der Waals surface area contributed by atoms with Crippen molar-refractivity contribution in [3.8, 4) is 0 Å². The van der Waals surface area contributed by atoms with E-state index in [1.54, 1.807) is 0 Å². The van der Waals surface area contributed by atoms with Gasteiger partial charge >= 0.3 is 0 Å². The Morgan fingerprint density at radius 2 is 0.500 bits per heavy atom. The number of nitrogens with zero attached hydrogens (tertiary/aromatic N) is 2. The Labute approximate surface area is 501 Å². The molecule has 0 unspecified atom stereocenters. The van der Waals surface area contributed by atoms with Crippen molar-refractivity contribution in [2.75, 3.05) is 0 Å². The van der Waals surface area contributed by atoms with Crippen molar-refractivity contribution in [3.63, 3.8) is 0 Å². The van der Waals surface area contributed by atoms with Gasteiger partial charge in [-0.15, -0.1) is 0 Å². The molecule has 0 N–H and O–H groups in total. The van der Waals surface area contributed by atoms with Gasteiger partial charge in [0.15, 0.2) is 0 Å². The molecule has 0 bridgehead atoms. The van der Waals surface area contributed by atoms with Crippen LogP contribution in [0, 0.1) is 0 Å². The minimum atomic E-state index is 0.894. The van der Waals surface area contributed by atoms with Crippen LogP contribution in [0.4, 0.5) is 11.4 Å². The molecule has 0 atom stereocenters. The fourth-order valence-corrected chi connectivity index (χ4v) is 12.0. The van der Waals surface area contributed by atoms with Gasteiger partial charge in [-0.05, 0) is 93.9 Å². The van der Waals surface area contributed by atoms with Crippen LogP contribution in [0.25, 0.3) is 0 Å². The first-order valence-corrected chi connectivity index (χ1v) is 36.3. The summed E-state index contributed by atoms with van der Waals surface area (Å²) in [5.74, 6) is 0. The number of aryl methyl sites for hydroxylation is 2. The average molecular weight is 1100 g/mol. The molecule has 2 aromatic carbocycles. The first-order chi connectivity index (χ1) is 39.7. The van der Waals surface area contributed by atoms with E-state index in [1.165, 1.54) is 338 Å². The van der Waals surface area contributed by atoms with Gasteiger partial charge in [-0.3, -0.25) is 9.98 Å². The summed E-state index contributed by atoms with van der Waals surface area (Å²) in [6.07, 6.45) is 86.8. The lowest BCUT2D eigenvalue weighted by atomic mass is 10.0. The van der Waals surface area contributed by atoms with Crippen LogP contribution >= 0.6 is 0 Å². The van der Waals surface area contributed by atoms with E-state index in [0.29, 0.717) is 0 Å². The predicted molar refractivity (Wildman–Crippen MR) is 365 cm³/mol. The lowest BCUT2D eigenvalue weighted by Gasteiger charge is -2.13. The third-order valence-corrected chi connectivity index (χ3v) is 17.4. The van der Waals surface area contributed by atoms with Crippen LogP contribution in [0.2, 0.25) is 0 Å². The number of rotatable bonds is 61. The summed E-state index contributed by atoms with van der Waals surface area (Å²) in [5, 5.41) is 0. The van der Waals surface area contributed by atoms with Gasteiger partial charge in [0.1, 0.15) is 0 Å². The first-order valence-electron chi connectivity index (χ1n) is 36.3. The highest BCUT2D eigenvalue weighted by Gasteiger charge is 2.12. The molecule has 0 fully saturated rings. The number of unbranched alkanes of at least 4 members (excludes halogenated alkanes) is 47. The van der Waals surface area contributed by atoms with Gasteiger partial charge in [0.25, 0.3) is 0 Å². The van der Waals surface area contributed by atoms with Gasteiger partial charge in [-0.1, -0.05) is 377 Å². The second-order valence-corrected chi connectivity index (χ2v) is 25.0. The second-order valence-electron chi connectivity index (χ2n) is 25.0. The van der Waals surface area contributed by atoms with Crippen molar-refractivity contribution in [2.24, 2.45) is 9.98 Å². The molecule has 0 heterocycles. The molecule has 0 saturated carbocycles. The highest BCUT2D eigenvalue weighted by atomic mass is 14.8. The van der Waals surface area contributed by atoms with Gasteiger partial charge in [0.2, 0.25) is 0 Å². The fraction of sp³-hybridized carbons (Fsp3) is 0.769. The maximum Gasteiger partial charge on any atom is 0.0665 e. The standard InChI is InChI=1S/C78H136N2/c1-5-9-12-15-17-19-21-23-25-27-29-31-33-35-37-39-41-43-45-47-49-51-53-55-57-59-66-73-68-62-64-70-76(73)79-75(8-4)78(72-61-14-11-7-3)80-77-71-65-63-69-74(77)67-60-58-56-54-52-50-48-46-44-42-40-38-36-34-32-30-28-26-24-22-20-18-16-13-10-6-2/h55-58,62-65,68-71H,5-54,59-61,66-67,72H2,1-4H3. The summed E-state index contributed by atoms with van der Waals surface area (Å²) in [6.45, 7) is 9.20. The summed E-state index contributed by atoms with van der Waals surface area (Å²) in [6, 6.07) is 17.8. The zero-order chi connectivity index (χ0) is 57.0. The lowest BCUT2D eigenvalue weighted by molar-refractivity contribution is 0.519. The van der Waals surface area contributed by atoms with Crippen molar-refractivity contribution in [1.82, 2.24) is 0 Å². The third kappa shape index (κ3) is 45.7. The van der Waals surface area contributed by atoms with Crippen molar-refractivity contribution < 1.29 is 0 Å². The molecule has 0 amide bonds. The van der Waals surface area contributed by atoms with Crippen LogP contribution in [0.1, 0.15) is 386 Å². The van der Waals surface area contributed by atoms with Gasteiger partial charge in [0.05, 0.1) is 22.8 Å². The van der Waals surface area contributed by atoms with Crippen LogP contribution in [0.3, 0.4) is 0 Å². The first kappa shape index (κ1) is 73.4. The average Bonchev–Trinajstić information content (AvgIpc) is 3.48. The van der Waals surface area contributed by atoms with Crippen molar-refractivity contribution >= 4 is 22.8 Å². The Kier molecular flexibility index (Phi) is 54.5. The molecule has 80 heavy (non-hydrogen) atoms. The van der Waals surface area contributed by atoms with E-state index < -0.39 is 0 Å². The van der Waals surface area contributed by atoms with Crippen LogP contribution in [-0.2, 0) is 12.8 Å². The topological polar surface area (TPSA) is 24.7 Å². The number of allylic oxidation sites excluding steroid dienone is 4.